The van der Waals surface area contributed by atoms with E-state index in [4.69, 9.17) is 38.9 Å². The van der Waals surface area contributed by atoms with E-state index in [9.17, 15) is 19.7 Å². The molecule has 0 aliphatic carbocycles. The van der Waals surface area contributed by atoms with Crippen molar-refractivity contribution >= 4 is 29.6 Å². The van der Waals surface area contributed by atoms with Gasteiger partial charge in [0.15, 0.2) is 23.0 Å². The van der Waals surface area contributed by atoms with Gasteiger partial charge in [-0.15, -0.1) is 0 Å². The number of carbonyl (C=O) groups excluding carboxylic acids is 2. The number of rotatable bonds is 15. The molecule has 4 N–H and O–H groups in total. The van der Waals surface area contributed by atoms with Gasteiger partial charge in [-0.1, -0.05) is 0 Å². The maximum absolute atomic E-state index is 12.5. The molecule has 0 bridgehead atoms. The molecule has 17 nitrogen and oxygen atoms in total. The van der Waals surface area contributed by atoms with Crippen LogP contribution in [0.5, 0.6) is 28.7 Å². The number of amides is 2. The number of ether oxygens (including phenoxy) is 7. The molecule has 0 spiro atoms. The van der Waals surface area contributed by atoms with Crippen LogP contribution in [0, 0.1) is 10.1 Å². The molecule has 1 aromatic heterocycles. The standard InChI is InChI=1S/C31H40N6O11/c1-31(2,3)48-29(38)33-9-8-10-46-26-24(44-6)12-18(13-25(26)45-7)11-19-16-34-28(35-27(19)32)36-30(39)47-17-20-14-22(42-4)23(43-5)15-21(20)37(40)41/h12-16H,8-11,17H2,1-7H3,(H,33,38)(H3,32,34,35,36,39). The number of hydrogen-bond acceptors (Lipinski definition) is 14. The summed E-state index contributed by atoms with van der Waals surface area (Å²) >= 11 is 0. The summed E-state index contributed by atoms with van der Waals surface area (Å²) in [5, 5.41) is 16.5. The van der Waals surface area contributed by atoms with Gasteiger partial charge in [0.05, 0.1) is 51.6 Å². The summed E-state index contributed by atoms with van der Waals surface area (Å²) in [6, 6.07) is 6.04. The average Bonchev–Trinajstić information content (AvgIpc) is 3.03. The summed E-state index contributed by atoms with van der Waals surface area (Å²) in [6.45, 7) is 5.53. The highest BCUT2D eigenvalue weighted by atomic mass is 16.6. The van der Waals surface area contributed by atoms with Crippen molar-refractivity contribution < 1.29 is 47.7 Å². The first kappa shape index (κ1) is 36.7. The molecule has 2 aromatic carbocycles. The monoisotopic (exact) mass is 672 g/mol. The van der Waals surface area contributed by atoms with Crippen molar-refractivity contribution in [3.05, 3.63) is 57.3 Å². The lowest BCUT2D eigenvalue weighted by atomic mass is 10.1. The fourth-order valence-corrected chi connectivity index (χ4v) is 4.23. The zero-order valence-corrected chi connectivity index (χ0v) is 27.8. The topological polar surface area (TPSA) is 218 Å². The summed E-state index contributed by atoms with van der Waals surface area (Å²) in [4.78, 5) is 43.5. The van der Waals surface area contributed by atoms with E-state index >= 15 is 0 Å². The summed E-state index contributed by atoms with van der Waals surface area (Å²) in [6.07, 6.45) is 0.765. The third-order valence-corrected chi connectivity index (χ3v) is 6.40. The van der Waals surface area contributed by atoms with Gasteiger partial charge in [-0.3, -0.25) is 15.4 Å². The van der Waals surface area contributed by atoms with E-state index in [1.54, 1.807) is 32.9 Å². The van der Waals surface area contributed by atoms with Crippen molar-refractivity contribution in [2.45, 2.75) is 45.8 Å². The van der Waals surface area contributed by atoms with E-state index in [0.29, 0.717) is 35.8 Å². The van der Waals surface area contributed by atoms with Crippen LogP contribution >= 0.6 is 0 Å². The van der Waals surface area contributed by atoms with Gasteiger partial charge in [-0.05, 0) is 51.0 Å². The van der Waals surface area contributed by atoms with Crippen molar-refractivity contribution in [2.75, 3.05) is 52.6 Å². The van der Waals surface area contributed by atoms with Gasteiger partial charge in [0, 0.05) is 24.7 Å². The van der Waals surface area contributed by atoms with E-state index in [2.05, 4.69) is 20.6 Å². The number of nitro benzene ring substituents is 1. The second-order valence-electron chi connectivity index (χ2n) is 11.0. The predicted octanol–water partition coefficient (Wildman–Crippen LogP) is 4.63. The number of carbonyl (C=O) groups is 2. The van der Waals surface area contributed by atoms with Crippen LogP contribution in [-0.2, 0) is 22.5 Å². The van der Waals surface area contributed by atoms with Gasteiger partial charge in [-0.2, -0.15) is 4.98 Å². The first-order valence-corrected chi connectivity index (χ1v) is 14.6. The normalized spacial score (nSPS) is 10.8. The predicted molar refractivity (Wildman–Crippen MR) is 173 cm³/mol. The van der Waals surface area contributed by atoms with E-state index < -0.39 is 29.3 Å². The highest BCUT2D eigenvalue weighted by Crippen LogP contribution is 2.39. The quantitative estimate of drug-likeness (QED) is 0.114. The van der Waals surface area contributed by atoms with Crippen LogP contribution in [-0.4, -0.2) is 74.3 Å². The maximum Gasteiger partial charge on any atom is 0.414 e. The molecule has 3 rings (SSSR count). The molecule has 0 fully saturated rings. The van der Waals surface area contributed by atoms with E-state index in [0.717, 1.165) is 5.56 Å². The van der Waals surface area contributed by atoms with E-state index in [1.807, 2.05) is 0 Å². The molecule has 48 heavy (non-hydrogen) atoms. The molecule has 2 amide bonds. The van der Waals surface area contributed by atoms with Crippen LogP contribution in [0.2, 0.25) is 0 Å². The zero-order chi connectivity index (χ0) is 35.4. The van der Waals surface area contributed by atoms with E-state index in [-0.39, 0.29) is 47.5 Å². The van der Waals surface area contributed by atoms with Gasteiger partial charge in [0.2, 0.25) is 11.7 Å². The van der Waals surface area contributed by atoms with Crippen molar-refractivity contribution in [3.63, 3.8) is 0 Å². The molecule has 0 saturated heterocycles. The number of nitro groups is 1. The number of nitrogens with two attached hydrogens (primary N) is 1. The largest absolute Gasteiger partial charge is 0.493 e. The summed E-state index contributed by atoms with van der Waals surface area (Å²) in [5.74, 6) is 1.57. The molecule has 0 aliphatic heterocycles. The average molecular weight is 673 g/mol. The molecule has 0 saturated carbocycles. The Morgan fingerprint density at radius 1 is 0.917 bits per heavy atom. The van der Waals surface area contributed by atoms with Crippen molar-refractivity contribution in [1.82, 2.24) is 15.3 Å². The molecule has 0 radical (unpaired) electrons. The molecule has 0 unspecified atom stereocenters. The van der Waals surface area contributed by atoms with Crippen molar-refractivity contribution in [3.8, 4) is 28.7 Å². The molecule has 17 heteroatoms. The molecule has 0 aliphatic rings. The first-order chi connectivity index (χ1) is 22.8. The Morgan fingerprint density at radius 2 is 1.54 bits per heavy atom. The Bertz CT molecular complexity index is 1590. The highest BCUT2D eigenvalue weighted by molar-refractivity contribution is 5.82. The maximum atomic E-state index is 12.5. The fourth-order valence-electron chi connectivity index (χ4n) is 4.23. The fraction of sp³-hybridized carbons (Fsp3) is 0.419. The first-order valence-electron chi connectivity index (χ1n) is 14.6. The number of alkyl carbamates (subject to hydrolysis) is 1. The minimum Gasteiger partial charge on any atom is -0.493 e. The zero-order valence-electron chi connectivity index (χ0n) is 27.8. The Balaban J connectivity index is 1.62. The number of nitrogen functional groups attached to an aromatic ring is 1. The Kier molecular flexibility index (Phi) is 12.8. The van der Waals surface area contributed by atoms with Gasteiger partial charge >= 0.3 is 12.2 Å². The Morgan fingerprint density at radius 3 is 2.10 bits per heavy atom. The van der Waals surface area contributed by atoms with Gasteiger partial charge in [-0.25, -0.2) is 14.6 Å². The molecule has 3 aromatic rings. The van der Waals surface area contributed by atoms with Gasteiger partial charge in [0.25, 0.3) is 5.69 Å². The molecule has 1 heterocycles. The number of aromatic nitrogens is 2. The Hall–Kier alpha value is -5.74. The van der Waals surface area contributed by atoms with Crippen molar-refractivity contribution in [2.24, 2.45) is 0 Å². The SMILES string of the molecule is COc1cc(COC(=O)Nc2ncc(Cc3cc(OC)c(OCCCNC(=O)OC(C)(C)C)c(OC)c3)c(N)n2)c([N+](=O)[O-])cc1OC. The number of nitrogens with one attached hydrogen (secondary N) is 2. The lowest BCUT2D eigenvalue weighted by Crippen LogP contribution is -2.33. The number of methoxy groups -OCH3 is 4. The van der Waals surface area contributed by atoms with Crippen LogP contribution in [0.3, 0.4) is 0 Å². The molecular formula is C31H40N6O11. The summed E-state index contributed by atoms with van der Waals surface area (Å²) in [5.41, 5.74) is 6.64. The van der Waals surface area contributed by atoms with Crippen LogP contribution in [0.4, 0.5) is 27.0 Å². The Labute approximate surface area is 277 Å². The second kappa shape index (κ2) is 16.7. The molecule has 0 atom stereocenters. The van der Waals surface area contributed by atoms with Gasteiger partial charge < -0.3 is 44.2 Å². The number of anilines is 2. The third-order valence-electron chi connectivity index (χ3n) is 6.40. The summed E-state index contributed by atoms with van der Waals surface area (Å²) in [7, 11) is 5.72. The summed E-state index contributed by atoms with van der Waals surface area (Å²) < 4.78 is 37.7. The number of benzene rings is 2. The van der Waals surface area contributed by atoms with Gasteiger partial charge in [0.1, 0.15) is 18.0 Å². The third kappa shape index (κ3) is 10.4. The minimum absolute atomic E-state index is 0.0843. The van der Waals surface area contributed by atoms with Crippen LogP contribution in [0.25, 0.3) is 0 Å². The van der Waals surface area contributed by atoms with Crippen LogP contribution < -0.4 is 40.1 Å². The van der Waals surface area contributed by atoms with Crippen LogP contribution in [0.1, 0.15) is 43.9 Å². The van der Waals surface area contributed by atoms with Crippen LogP contribution in [0.15, 0.2) is 30.5 Å². The van der Waals surface area contributed by atoms with Crippen molar-refractivity contribution in [1.29, 1.82) is 0 Å². The lowest BCUT2D eigenvalue weighted by Gasteiger charge is -2.20. The van der Waals surface area contributed by atoms with E-state index in [1.165, 1.54) is 46.8 Å². The molecule has 260 valence electrons. The lowest BCUT2D eigenvalue weighted by molar-refractivity contribution is -0.385. The highest BCUT2D eigenvalue weighted by Gasteiger charge is 2.22. The smallest absolute Gasteiger partial charge is 0.414 e. The minimum atomic E-state index is -0.961. The second-order valence-corrected chi connectivity index (χ2v) is 11.0. The number of nitrogens with zero attached hydrogens (tertiary/aromatic N) is 3. The molecular weight excluding hydrogens is 632 g/mol. The number of hydrogen-bond donors (Lipinski definition) is 3.